The molecule has 7 nitrogen and oxygen atoms in total. The van der Waals surface area contributed by atoms with Crippen LogP contribution >= 0.6 is 0 Å². The predicted molar refractivity (Wildman–Crippen MR) is 241 cm³/mol. The molecule has 1 aliphatic carbocycles. The highest BCUT2D eigenvalue weighted by molar-refractivity contribution is 6.09. The molecule has 0 saturated carbocycles. The molecule has 1 aliphatic heterocycles. The smallest absolute Gasteiger partial charge is 0.336 e. The van der Waals surface area contributed by atoms with Crippen LogP contribution < -0.4 is 10.7 Å². The van der Waals surface area contributed by atoms with Gasteiger partial charge in [-0.1, -0.05) is 162 Å². The average molecular weight is 796 g/mol. The Labute approximate surface area is 348 Å². The molecule has 0 spiro atoms. The fourth-order valence-corrected chi connectivity index (χ4v) is 8.27. The van der Waals surface area contributed by atoms with Gasteiger partial charge in [0.25, 0.3) is 5.91 Å². The number of carboxylic acid groups (broad SMARTS) is 1. The molecule has 4 rings (SSSR count). The molecule has 7 heteroatoms. The molecule has 3 N–H and O–H groups in total. The van der Waals surface area contributed by atoms with E-state index in [0.717, 1.165) is 76.2 Å². The molecule has 0 bridgehead atoms. The van der Waals surface area contributed by atoms with Gasteiger partial charge in [0.05, 0.1) is 5.56 Å². The van der Waals surface area contributed by atoms with Crippen molar-refractivity contribution in [1.29, 1.82) is 0 Å². The Hall–Kier alpha value is -4.13. The Kier molecular flexibility index (Phi) is 20.9. The summed E-state index contributed by atoms with van der Waals surface area (Å²) in [6.07, 6.45) is 30.2. The SMILES string of the molecule is CCCCCCCCCCCCCCCCCCNC(=O)c1ccc(-c2c3cc(CCCCCC)c(=O)cc-3oc3cc(O)c(CCCCCC)cc23)c(C(=O)O)c1. The van der Waals surface area contributed by atoms with Gasteiger partial charge in [-0.25, -0.2) is 4.79 Å². The molecular formula is C51H73NO6. The highest BCUT2D eigenvalue weighted by atomic mass is 16.4. The number of hydrogen-bond donors (Lipinski definition) is 3. The summed E-state index contributed by atoms with van der Waals surface area (Å²) in [7, 11) is 0. The highest BCUT2D eigenvalue weighted by Gasteiger charge is 2.25. The second-order valence-corrected chi connectivity index (χ2v) is 16.7. The van der Waals surface area contributed by atoms with Gasteiger partial charge < -0.3 is 19.9 Å². The highest BCUT2D eigenvalue weighted by Crippen LogP contribution is 2.43. The molecule has 0 unspecified atom stereocenters. The lowest BCUT2D eigenvalue weighted by Gasteiger charge is -2.19. The number of amides is 1. The molecule has 2 aromatic carbocycles. The van der Waals surface area contributed by atoms with Crippen LogP contribution in [0.4, 0.5) is 0 Å². The van der Waals surface area contributed by atoms with Crippen LogP contribution in [0.1, 0.15) is 207 Å². The van der Waals surface area contributed by atoms with E-state index >= 15 is 0 Å². The summed E-state index contributed by atoms with van der Waals surface area (Å²) in [6.45, 7) is 7.13. The number of unbranched alkanes of at least 4 members (excludes halogenated alkanes) is 21. The largest absolute Gasteiger partial charge is 0.508 e. The molecule has 0 saturated heterocycles. The monoisotopic (exact) mass is 796 g/mol. The van der Waals surface area contributed by atoms with Gasteiger partial charge in [0.2, 0.25) is 0 Å². The van der Waals surface area contributed by atoms with Crippen molar-refractivity contribution in [3.63, 3.8) is 0 Å². The van der Waals surface area contributed by atoms with E-state index in [1.807, 2.05) is 12.1 Å². The van der Waals surface area contributed by atoms with Gasteiger partial charge >= 0.3 is 5.97 Å². The summed E-state index contributed by atoms with van der Waals surface area (Å²) in [5, 5.41) is 25.3. The van der Waals surface area contributed by atoms with Gasteiger partial charge in [-0.15, -0.1) is 0 Å². The van der Waals surface area contributed by atoms with E-state index in [1.165, 1.54) is 95.6 Å². The average Bonchev–Trinajstić information content (AvgIpc) is 3.21. The normalized spacial score (nSPS) is 11.5. The van der Waals surface area contributed by atoms with Gasteiger partial charge in [0.1, 0.15) is 17.1 Å². The molecule has 2 aliphatic rings. The molecule has 58 heavy (non-hydrogen) atoms. The number of benzene rings is 3. The van der Waals surface area contributed by atoms with E-state index in [4.69, 9.17) is 4.42 Å². The second kappa shape index (κ2) is 26.1. The van der Waals surface area contributed by atoms with Crippen molar-refractivity contribution < 1.29 is 24.2 Å². The fraction of sp³-hybridized carbons (Fsp3) is 0.588. The lowest BCUT2D eigenvalue weighted by atomic mass is 9.87. The third-order valence-electron chi connectivity index (χ3n) is 11.8. The summed E-state index contributed by atoms with van der Waals surface area (Å²) in [5.74, 6) is -1.000. The van der Waals surface area contributed by atoms with Crippen molar-refractivity contribution in [2.75, 3.05) is 6.54 Å². The number of phenols is 1. The molecule has 0 aromatic heterocycles. The van der Waals surface area contributed by atoms with Crippen molar-refractivity contribution in [3.05, 3.63) is 74.9 Å². The summed E-state index contributed by atoms with van der Waals surface area (Å²) in [6, 6.07) is 11.7. The number of aromatic carboxylic acids is 1. The number of carboxylic acids is 1. The van der Waals surface area contributed by atoms with Crippen molar-refractivity contribution >= 4 is 22.8 Å². The number of aromatic hydroxyl groups is 1. The van der Waals surface area contributed by atoms with Gasteiger partial charge in [-0.05, 0) is 67.5 Å². The molecule has 1 amide bonds. The Bertz CT molecular complexity index is 1880. The maximum Gasteiger partial charge on any atom is 0.336 e. The first-order valence-corrected chi connectivity index (χ1v) is 23.2. The van der Waals surface area contributed by atoms with Crippen LogP contribution in [0, 0.1) is 0 Å². The molecule has 0 atom stereocenters. The molecule has 318 valence electrons. The number of nitrogens with one attached hydrogen (secondary N) is 1. The summed E-state index contributed by atoms with van der Waals surface area (Å²) < 4.78 is 6.28. The van der Waals surface area contributed by atoms with Crippen molar-refractivity contribution in [3.8, 4) is 28.2 Å². The summed E-state index contributed by atoms with van der Waals surface area (Å²) >= 11 is 0. The number of carbonyl (C=O) groups excluding carboxylic acids is 1. The molecule has 0 fully saturated rings. The van der Waals surface area contributed by atoms with Crippen LogP contribution in [-0.4, -0.2) is 28.6 Å². The van der Waals surface area contributed by atoms with Crippen LogP contribution in [0.3, 0.4) is 0 Å². The minimum atomic E-state index is -1.15. The maximum absolute atomic E-state index is 13.3. The first kappa shape index (κ1) is 46.6. The quantitative estimate of drug-likeness (QED) is 0.0357. The Morgan fingerprint density at radius 1 is 0.586 bits per heavy atom. The standard InChI is InChI=1S/C51H73NO6/c1-4-7-10-13-14-15-16-17-18-19-20-21-22-23-24-27-32-52-50(55)40-30-31-41(42(35-40)51(56)57)49-43-33-38(28-25-11-8-5-2)45(53)36-47(43)58-48-37-46(54)39(34-44(48)49)29-26-12-9-6-3/h30-31,33-37,53H,4-29,32H2,1-3H3,(H,52,55)(H,56,57). The number of hydrogen-bond acceptors (Lipinski definition) is 5. The van der Waals surface area contributed by atoms with Gasteiger partial charge in [0, 0.05) is 46.3 Å². The molecule has 2 aromatic rings. The van der Waals surface area contributed by atoms with Crippen LogP contribution in [0.25, 0.3) is 33.4 Å². The first-order chi connectivity index (χ1) is 28.3. The molecule has 0 radical (unpaired) electrons. The third-order valence-corrected chi connectivity index (χ3v) is 11.8. The van der Waals surface area contributed by atoms with E-state index in [9.17, 15) is 24.6 Å². The van der Waals surface area contributed by atoms with Crippen LogP contribution in [0.2, 0.25) is 0 Å². The zero-order valence-electron chi connectivity index (χ0n) is 36.2. The number of aryl methyl sites for hydroxylation is 2. The maximum atomic E-state index is 13.3. The Morgan fingerprint density at radius 3 is 1.66 bits per heavy atom. The lowest BCUT2D eigenvalue weighted by Crippen LogP contribution is -2.24. The second-order valence-electron chi connectivity index (χ2n) is 16.7. The van der Waals surface area contributed by atoms with E-state index in [-0.39, 0.29) is 22.6 Å². The minimum absolute atomic E-state index is 0.00266. The predicted octanol–water partition coefficient (Wildman–Crippen LogP) is 14.2. The van der Waals surface area contributed by atoms with Gasteiger partial charge in [0.15, 0.2) is 5.43 Å². The van der Waals surface area contributed by atoms with Crippen molar-refractivity contribution in [2.45, 2.75) is 188 Å². The van der Waals surface area contributed by atoms with E-state index in [1.54, 1.807) is 18.2 Å². The zero-order chi connectivity index (χ0) is 41.5. The van der Waals surface area contributed by atoms with Crippen molar-refractivity contribution in [2.24, 2.45) is 0 Å². The Morgan fingerprint density at radius 2 is 1.10 bits per heavy atom. The van der Waals surface area contributed by atoms with Crippen LogP contribution in [-0.2, 0) is 12.8 Å². The Balaban J connectivity index is 1.44. The number of fused-ring (bicyclic) bond motifs is 2. The summed E-state index contributed by atoms with van der Waals surface area (Å²) in [5.41, 5.74) is 3.67. The van der Waals surface area contributed by atoms with Crippen molar-refractivity contribution in [1.82, 2.24) is 5.32 Å². The topological polar surface area (TPSA) is 117 Å². The van der Waals surface area contributed by atoms with E-state index in [0.29, 0.717) is 63.9 Å². The number of carbonyl (C=O) groups is 2. The number of rotatable bonds is 30. The first-order valence-electron chi connectivity index (χ1n) is 23.2. The third kappa shape index (κ3) is 14.6. The molecule has 1 heterocycles. The number of phenolic OH excluding ortho intramolecular Hbond substituents is 1. The van der Waals surface area contributed by atoms with Crippen LogP contribution in [0.5, 0.6) is 5.75 Å². The molecular weight excluding hydrogens is 723 g/mol. The van der Waals surface area contributed by atoms with Gasteiger partial charge in [-0.3, -0.25) is 9.59 Å². The van der Waals surface area contributed by atoms with Gasteiger partial charge in [-0.2, -0.15) is 0 Å². The minimum Gasteiger partial charge on any atom is -0.508 e. The van der Waals surface area contributed by atoms with E-state index < -0.39 is 5.97 Å². The summed E-state index contributed by atoms with van der Waals surface area (Å²) in [4.78, 5) is 39.6. The van der Waals surface area contributed by atoms with Crippen LogP contribution in [0.15, 0.2) is 51.7 Å². The zero-order valence-corrected chi connectivity index (χ0v) is 36.2. The fourth-order valence-electron chi connectivity index (χ4n) is 8.27. The lowest BCUT2D eigenvalue weighted by molar-refractivity contribution is 0.0697. The van der Waals surface area contributed by atoms with E-state index in [2.05, 4.69) is 26.1 Å².